The maximum absolute atomic E-state index is 14.3. The Bertz CT molecular complexity index is 1560. The van der Waals surface area contributed by atoms with E-state index in [1.165, 1.54) is 12.1 Å². The van der Waals surface area contributed by atoms with Crippen LogP contribution in [0.1, 0.15) is 56.0 Å². The summed E-state index contributed by atoms with van der Waals surface area (Å²) in [5, 5.41) is 13.6. The molecule has 0 aliphatic carbocycles. The highest BCUT2D eigenvalue weighted by Crippen LogP contribution is 2.43. The number of pyridine rings is 1. The number of amides is 1. The quantitative estimate of drug-likeness (QED) is 0.474. The molecule has 0 unspecified atom stereocenters. The van der Waals surface area contributed by atoms with E-state index in [-0.39, 0.29) is 23.2 Å². The first kappa shape index (κ1) is 29.7. The highest BCUT2D eigenvalue weighted by molar-refractivity contribution is 5.98. The fraction of sp³-hybridized carbons (Fsp3) is 0.545. The third-order valence-electron chi connectivity index (χ3n) is 9.34. The molecule has 1 N–H and O–H groups in total. The Morgan fingerprint density at radius 2 is 2.00 bits per heavy atom. The number of aromatic nitrogens is 2. The molecule has 3 atom stereocenters. The molecule has 1 amide bonds. The van der Waals surface area contributed by atoms with E-state index in [9.17, 15) is 14.4 Å². The van der Waals surface area contributed by atoms with E-state index in [0.717, 1.165) is 73.2 Å². The predicted octanol–water partition coefficient (Wildman–Crippen LogP) is 3.25. The van der Waals surface area contributed by atoms with Gasteiger partial charge >= 0.3 is 0 Å². The molecule has 0 radical (unpaired) electrons. The molecule has 0 saturated carbocycles. The number of piperazine rings is 1. The number of benzene rings is 1. The number of rotatable bonds is 6. The number of hydrogen-bond acceptors (Lipinski definition) is 7. The Kier molecular flexibility index (Phi) is 8.03. The Balaban J connectivity index is 1.35. The number of anilines is 1. The van der Waals surface area contributed by atoms with Gasteiger partial charge in [-0.2, -0.15) is 5.26 Å². The van der Waals surface area contributed by atoms with Crippen molar-refractivity contribution in [3.8, 4) is 6.07 Å². The van der Waals surface area contributed by atoms with Gasteiger partial charge in [0.25, 0.3) is 0 Å². The molecule has 2 aromatic heterocycles. The Morgan fingerprint density at radius 1 is 1.23 bits per heavy atom. The molecule has 3 aliphatic heterocycles. The van der Waals surface area contributed by atoms with Gasteiger partial charge in [-0.05, 0) is 56.5 Å². The van der Waals surface area contributed by atoms with Crippen LogP contribution < -0.4 is 10.2 Å². The standard InChI is InChI=1S/C33H42FN7O2/c1-21-16-39(27(15-36-21)17-38-10-11-43-19-22(38)2)18-30(42)40-20-33(4,5)32-29(40)13-25(12-24-6-8-26(34)9-7-24)31-28(14-35)37-23(3)41(31)32/h6-9,13,21-22,27,36H,10-12,15-20H2,1-5H3/t21-,22-,27-/m1/s1. The minimum Gasteiger partial charge on any atom is -0.379 e. The van der Waals surface area contributed by atoms with E-state index in [0.29, 0.717) is 37.3 Å². The minimum atomic E-state index is -0.352. The van der Waals surface area contributed by atoms with Crippen molar-refractivity contribution in [2.75, 3.05) is 57.4 Å². The van der Waals surface area contributed by atoms with E-state index in [2.05, 4.69) is 64.3 Å². The number of fused-ring (bicyclic) bond motifs is 3. The van der Waals surface area contributed by atoms with Gasteiger partial charge in [0.05, 0.1) is 36.7 Å². The van der Waals surface area contributed by atoms with Crippen molar-refractivity contribution >= 4 is 17.1 Å². The molecule has 0 spiro atoms. The van der Waals surface area contributed by atoms with Crippen LogP contribution in [0.4, 0.5) is 10.1 Å². The van der Waals surface area contributed by atoms with Crippen LogP contribution in [0.3, 0.4) is 0 Å². The van der Waals surface area contributed by atoms with Crippen LogP contribution in [-0.2, 0) is 21.4 Å². The van der Waals surface area contributed by atoms with Crippen LogP contribution in [0, 0.1) is 24.1 Å². The van der Waals surface area contributed by atoms with E-state index < -0.39 is 0 Å². The average Bonchev–Trinajstić information content (AvgIpc) is 3.45. The Hall–Kier alpha value is -3.36. The number of morpholine rings is 1. The topological polar surface area (TPSA) is 89.1 Å². The Labute approximate surface area is 253 Å². The van der Waals surface area contributed by atoms with Gasteiger partial charge in [0.1, 0.15) is 17.7 Å². The molecule has 5 heterocycles. The summed E-state index contributed by atoms with van der Waals surface area (Å²) in [6.07, 6.45) is 0.494. The third-order valence-corrected chi connectivity index (χ3v) is 9.34. The zero-order valence-electron chi connectivity index (χ0n) is 25.9. The zero-order chi connectivity index (χ0) is 30.5. The molecular weight excluding hydrogens is 545 g/mol. The van der Waals surface area contributed by atoms with Crippen molar-refractivity contribution in [2.45, 2.75) is 64.6 Å². The number of carbonyl (C=O) groups is 1. The average molecular weight is 588 g/mol. The summed E-state index contributed by atoms with van der Waals surface area (Å²) in [7, 11) is 0. The number of nitrogens with one attached hydrogen (secondary N) is 1. The van der Waals surface area contributed by atoms with Crippen molar-refractivity contribution in [3.63, 3.8) is 0 Å². The van der Waals surface area contributed by atoms with Crippen LogP contribution in [0.2, 0.25) is 0 Å². The second-order valence-electron chi connectivity index (χ2n) is 13.2. The number of hydrogen-bond donors (Lipinski definition) is 1. The van der Waals surface area contributed by atoms with Gasteiger partial charge < -0.3 is 15.0 Å². The van der Waals surface area contributed by atoms with Crippen LogP contribution in [-0.4, -0.2) is 95.7 Å². The highest BCUT2D eigenvalue weighted by Gasteiger charge is 2.42. The van der Waals surface area contributed by atoms with E-state index in [1.54, 1.807) is 12.1 Å². The van der Waals surface area contributed by atoms with Gasteiger partial charge in [0.15, 0.2) is 5.69 Å². The van der Waals surface area contributed by atoms with Crippen LogP contribution in [0.5, 0.6) is 0 Å². The summed E-state index contributed by atoms with van der Waals surface area (Å²) >= 11 is 0. The SMILES string of the molecule is Cc1nc(C#N)c2c(Cc3ccc(F)cc3)cc3c(n12)C(C)(C)CN3C(=O)CN1C[C@@H](C)NC[C@@H]1CN1CCOC[C@H]1C. The fourth-order valence-corrected chi connectivity index (χ4v) is 7.15. The third kappa shape index (κ3) is 5.67. The van der Waals surface area contributed by atoms with Gasteiger partial charge in [-0.3, -0.25) is 19.0 Å². The summed E-state index contributed by atoms with van der Waals surface area (Å²) < 4.78 is 21.4. The maximum Gasteiger partial charge on any atom is 0.241 e. The molecule has 2 fully saturated rings. The summed E-state index contributed by atoms with van der Waals surface area (Å²) in [6.45, 7) is 16.4. The highest BCUT2D eigenvalue weighted by atomic mass is 19.1. The predicted molar refractivity (Wildman–Crippen MR) is 164 cm³/mol. The lowest BCUT2D eigenvalue weighted by atomic mass is 9.90. The van der Waals surface area contributed by atoms with Crippen LogP contribution >= 0.6 is 0 Å². The lowest BCUT2D eigenvalue weighted by molar-refractivity contribution is -0.121. The normalized spacial score (nSPS) is 24.3. The number of carbonyl (C=O) groups excluding carboxylic acids is 1. The molecule has 1 aromatic carbocycles. The van der Waals surface area contributed by atoms with E-state index in [1.807, 2.05) is 11.8 Å². The molecule has 9 nitrogen and oxygen atoms in total. The molecule has 10 heteroatoms. The maximum atomic E-state index is 14.3. The van der Waals surface area contributed by atoms with Crippen LogP contribution in [0.15, 0.2) is 30.3 Å². The number of ether oxygens (including phenoxy) is 1. The summed E-state index contributed by atoms with van der Waals surface area (Å²) in [5.41, 5.74) is 4.47. The van der Waals surface area contributed by atoms with Crippen molar-refractivity contribution in [2.24, 2.45) is 0 Å². The fourth-order valence-electron chi connectivity index (χ4n) is 7.15. The number of imidazole rings is 1. The monoisotopic (exact) mass is 587 g/mol. The van der Waals surface area contributed by atoms with Crippen molar-refractivity contribution in [1.82, 2.24) is 24.5 Å². The first-order chi connectivity index (χ1) is 20.6. The second-order valence-corrected chi connectivity index (χ2v) is 13.2. The van der Waals surface area contributed by atoms with Crippen LogP contribution in [0.25, 0.3) is 5.52 Å². The summed E-state index contributed by atoms with van der Waals surface area (Å²) in [5.74, 6) is 0.510. The van der Waals surface area contributed by atoms with Gasteiger partial charge in [0.2, 0.25) is 5.91 Å². The molecule has 43 heavy (non-hydrogen) atoms. The molecule has 3 aromatic rings. The molecule has 6 rings (SSSR count). The van der Waals surface area contributed by atoms with Crippen molar-refractivity contribution < 1.29 is 13.9 Å². The first-order valence-electron chi connectivity index (χ1n) is 15.3. The molecule has 2 saturated heterocycles. The van der Waals surface area contributed by atoms with Gasteiger partial charge in [-0.1, -0.05) is 26.0 Å². The molecule has 0 bridgehead atoms. The lowest BCUT2D eigenvalue weighted by Crippen LogP contribution is -2.62. The van der Waals surface area contributed by atoms with E-state index in [4.69, 9.17) is 4.74 Å². The zero-order valence-corrected chi connectivity index (χ0v) is 25.9. The first-order valence-corrected chi connectivity index (χ1v) is 15.3. The molecular formula is C33H42FN7O2. The van der Waals surface area contributed by atoms with Crippen molar-refractivity contribution in [1.29, 1.82) is 5.26 Å². The molecule has 3 aliphatic rings. The summed E-state index contributed by atoms with van der Waals surface area (Å²) in [6, 6.07) is 11.7. The Morgan fingerprint density at radius 3 is 2.72 bits per heavy atom. The second kappa shape index (κ2) is 11.6. The van der Waals surface area contributed by atoms with Gasteiger partial charge in [-0.25, -0.2) is 9.37 Å². The largest absolute Gasteiger partial charge is 0.379 e. The number of halogens is 1. The number of aryl methyl sites for hydroxylation is 1. The van der Waals surface area contributed by atoms with Gasteiger partial charge in [0, 0.05) is 56.3 Å². The number of nitrogens with zero attached hydrogens (tertiary/aromatic N) is 6. The minimum absolute atomic E-state index is 0.0753. The smallest absolute Gasteiger partial charge is 0.241 e. The summed E-state index contributed by atoms with van der Waals surface area (Å²) in [4.78, 5) is 25.7. The lowest BCUT2D eigenvalue weighted by Gasteiger charge is -2.43. The van der Waals surface area contributed by atoms with Crippen molar-refractivity contribution in [3.05, 3.63) is 64.5 Å². The molecule has 228 valence electrons. The van der Waals surface area contributed by atoms with Gasteiger partial charge in [-0.15, -0.1) is 0 Å². The number of nitriles is 1. The van der Waals surface area contributed by atoms with E-state index >= 15 is 0 Å².